The molecule has 3 rings (SSSR count). The van der Waals surface area contributed by atoms with Gasteiger partial charge in [0.1, 0.15) is 5.82 Å². The largest absolute Gasteiger partial charge is 0.494 e. The van der Waals surface area contributed by atoms with Crippen molar-refractivity contribution in [3.63, 3.8) is 0 Å². The summed E-state index contributed by atoms with van der Waals surface area (Å²) in [5, 5.41) is 14.1. The van der Waals surface area contributed by atoms with Gasteiger partial charge >= 0.3 is 0 Å². The van der Waals surface area contributed by atoms with Crippen LogP contribution in [0.2, 0.25) is 0 Å². The molecule has 1 heterocycles. The molecule has 3 N–H and O–H groups in total. The number of nitrogens with one attached hydrogen (secondary N) is 2. The number of benzene rings is 2. The fourth-order valence-corrected chi connectivity index (χ4v) is 3.55. The van der Waals surface area contributed by atoms with Crippen molar-refractivity contribution < 1.29 is 9.50 Å². The van der Waals surface area contributed by atoms with Gasteiger partial charge in [0.15, 0.2) is 5.88 Å². The summed E-state index contributed by atoms with van der Waals surface area (Å²) in [7, 11) is 0. The molecule has 0 radical (unpaired) electrons. The monoisotopic (exact) mass is 396 g/mol. The minimum Gasteiger partial charge on any atom is -0.494 e. The number of nitrogens with zero attached hydrogens (tertiary/aromatic N) is 2. The van der Waals surface area contributed by atoms with Crippen LogP contribution in [-0.4, -0.2) is 46.4 Å². The van der Waals surface area contributed by atoms with E-state index in [1.165, 1.54) is 12.1 Å². The number of halogens is 1. The van der Waals surface area contributed by atoms with E-state index in [0.29, 0.717) is 28.6 Å². The second-order valence-electron chi connectivity index (χ2n) is 7.73. The zero-order chi connectivity index (χ0) is 21.0. The Kier molecular flexibility index (Phi) is 6.54. The number of H-pyrrole nitrogens is 1. The molecule has 0 aliphatic heterocycles. The Labute approximate surface area is 171 Å². The predicted molar refractivity (Wildman–Crippen MR) is 119 cm³/mol. The van der Waals surface area contributed by atoms with Crippen LogP contribution in [0, 0.1) is 5.82 Å². The lowest BCUT2D eigenvalue weighted by molar-refractivity contribution is 0.182. The summed E-state index contributed by atoms with van der Waals surface area (Å²) in [5.41, 5.74) is 2.94. The average molecular weight is 397 g/mol. The number of hydrogen-bond acceptors (Lipinski definition) is 4. The normalized spacial score (nSPS) is 12.1. The third kappa shape index (κ3) is 5.15. The number of rotatable bonds is 8. The molecule has 0 saturated heterocycles. The van der Waals surface area contributed by atoms with E-state index in [1.807, 2.05) is 24.3 Å². The fraction of sp³-hybridized carbons (Fsp3) is 0.348. The highest BCUT2D eigenvalue weighted by molar-refractivity contribution is 6.02. The van der Waals surface area contributed by atoms with Crippen molar-refractivity contribution in [2.24, 2.45) is 4.99 Å². The Hall–Kier alpha value is -2.86. The van der Waals surface area contributed by atoms with Crippen LogP contribution < -0.4 is 5.32 Å². The summed E-state index contributed by atoms with van der Waals surface area (Å²) in [6.45, 7) is 10.7. The number of anilines is 1. The molecule has 6 heteroatoms. The maximum atomic E-state index is 13.5. The van der Waals surface area contributed by atoms with Crippen molar-refractivity contribution in [3.05, 3.63) is 53.8 Å². The first-order chi connectivity index (χ1) is 13.8. The van der Waals surface area contributed by atoms with E-state index in [0.717, 1.165) is 24.5 Å². The predicted octanol–water partition coefficient (Wildman–Crippen LogP) is 5.29. The van der Waals surface area contributed by atoms with Crippen molar-refractivity contribution in [1.29, 1.82) is 0 Å². The number of aromatic amines is 1. The van der Waals surface area contributed by atoms with Crippen LogP contribution in [0.25, 0.3) is 10.9 Å². The first kappa shape index (κ1) is 20.9. The number of aliphatic imine (C=N–C) groups is 1. The molecule has 3 aromatic rings. The van der Waals surface area contributed by atoms with Gasteiger partial charge < -0.3 is 15.4 Å². The summed E-state index contributed by atoms with van der Waals surface area (Å²) in [4.78, 5) is 9.70. The number of fused-ring (bicyclic) bond motifs is 1. The molecule has 0 fully saturated rings. The summed E-state index contributed by atoms with van der Waals surface area (Å²) < 4.78 is 13.5. The lowest BCUT2D eigenvalue weighted by atomic mass is 10.2. The zero-order valence-corrected chi connectivity index (χ0v) is 17.4. The molecule has 1 aromatic heterocycles. The van der Waals surface area contributed by atoms with Gasteiger partial charge in [0.25, 0.3) is 0 Å². The van der Waals surface area contributed by atoms with E-state index in [1.54, 1.807) is 12.3 Å². The van der Waals surface area contributed by atoms with Gasteiger partial charge in [-0.25, -0.2) is 4.39 Å². The fourth-order valence-electron chi connectivity index (χ4n) is 3.55. The van der Waals surface area contributed by atoms with Gasteiger partial charge in [-0.15, -0.1) is 0 Å². The first-order valence-electron chi connectivity index (χ1n) is 9.99. The molecule has 0 aliphatic carbocycles. The second kappa shape index (κ2) is 9.09. The summed E-state index contributed by atoms with van der Waals surface area (Å²) in [6.07, 6.45) is 1.55. The van der Waals surface area contributed by atoms with Crippen molar-refractivity contribution in [1.82, 2.24) is 9.88 Å². The van der Waals surface area contributed by atoms with Crippen LogP contribution in [0.15, 0.2) is 47.5 Å². The maximum absolute atomic E-state index is 13.5. The second-order valence-corrected chi connectivity index (χ2v) is 7.73. The van der Waals surface area contributed by atoms with Crippen LogP contribution in [0.1, 0.15) is 33.3 Å². The molecule has 0 amide bonds. The Morgan fingerprint density at radius 2 is 1.79 bits per heavy atom. The molecule has 0 saturated carbocycles. The van der Waals surface area contributed by atoms with Crippen molar-refractivity contribution in [2.45, 2.75) is 39.8 Å². The zero-order valence-electron chi connectivity index (χ0n) is 17.4. The van der Waals surface area contributed by atoms with E-state index < -0.39 is 0 Å². The average Bonchev–Trinajstić information content (AvgIpc) is 2.98. The Balaban J connectivity index is 1.64. The molecule has 29 heavy (non-hydrogen) atoms. The number of hydrogen-bond donors (Lipinski definition) is 3. The Bertz CT molecular complexity index is 968. The third-order valence-corrected chi connectivity index (χ3v) is 5.02. The molecule has 0 unspecified atom stereocenters. The third-order valence-electron chi connectivity index (χ3n) is 5.02. The number of aromatic hydroxyl groups is 1. The standard InChI is InChI=1S/C23H29FN4O/c1-15(2)28(16(3)4)12-11-25-18-6-8-19(9-7-18)26-14-21-20-13-17(24)5-10-22(20)27-23(21)29/h5-10,13-16,25,27,29H,11-12H2,1-4H3. The van der Waals surface area contributed by atoms with E-state index in [9.17, 15) is 9.50 Å². The Morgan fingerprint density at radius 1 is 1.10 bits per heavy atom. The lowest BCUT2D eigenvalue weighted by Crippen LogP contribution is -2.40. The molecule has 5 nitrogen and oxygen atoms in total. The van der Waals surface area contributed by atoms with E-state index in [-0.39, 0.29) is 11.7 Å². The van der Waals surface area contributed by atoms with Gasteiger partial charge in [-0.05, 0) is 70.2 Å². The van der Waals surface area contributed by atoms with Gasteiger partial charge in [-0.1, -0.05) is 0 Å². The smallest absolute Gasteiger partial charge is 0.198 e. The molecule has 2 aromatic carbocycles. The summed E-state index contributed by atoms with van der Waals surface area (Å²) in [5.74, 6) is -0.373. The molecule has 0 atom stereocenters. The van der Waals surface area contributed by atoms with Crippen LogP contribution >= 0.6 is 0 Å². The van der Waals surface area contributed by atoms with Gasteiger partial charge in [-0.3, -0.25) is 9.89 Å². The first-order valence-corrected chi connectivity index (χ1v) is 9.99. The topological polar surface area (TPSA) is 63.6 Å². The molecular weight excluding hydrogens is 367 g/mol. The molecular formula is C23H29FN4O. The van der Waals surface area contributed by atoms with Crippen LogP contribution in [0.3, 0.4) is 0 Å². The van der Waals surface area contributed by atoms with Crippen LogP contribution in [-0.2, 0) is 0 Å². The van der Waals surface area contributed by atoms with Crippen LogP contribution in [0.5, 0.6) is 5.88 Å². The van der Waals surface area contributed by atoms with E-state index in [2.05, 4.69) is 47.9 Å². The SMILES string of the molecule is CC(C)N(CCNc1ccc(N=Cc2c(O)[nH]c3ccc(F)cc23)cc1)C(C)C. The van der Waals surface area contributed by atoms with Gasteiger partial charge in [0.05, 0.1) is 11.3 Å². The summed E-state index contributed by atoms with van der Waals surface area (Å²) >= 11 is 0. The highest BCUT2D eigenvalue weighted by Crippen LogP contribution is 2.27. The number of aromatic nitrogens is 1. The molecule has 0 aliphatic rings. The van der Waals surface area contributed by atoms with Crippen molar-refractivity contribution in [2.75, 3.05) is 18.4 Å². The minimum absolute atomic E-state index is 0.0208. The van der Waals surface area contributed by atoms with Gasteiger partial charge in [0, 0.05) is 48.0 Å². The van der Waals surface area contributed by atoms with Crippen molar-refractivity contribution >= 4 is 28.5 Å². The maximum Gasteiger partial charge on any atom is 0.198 e. The van der Waals surface area contributed by atoms with Crippen LogP contribution in [0.4, 0.5) is 15.8 Å². The molecule has 154 valence electrons. The van der Waals surface area contributed by atoms with E-state index in [4.69, 9.17) is 0 Å². The molecule has 0 spiro atoms. The summed E-state index contributed by atoms with van der Waals surface area (Å²) in [6, 6.07) is 13.2. The van der Waals surface area contributed by atoms with E-state index >= 15 is 0 Å². The molecule has 0 bridgehead atoms. The van der Waals surface area contributed by atoms with Crippen molar-refractivity contribution in [3.8, 4) is 5.88 Å². The highest BCUT2D eigenvalue weighted by atomic mass is 19.1. The lowest BCUT2D eigenvalue weighted by Gasteiger charge is -2.30. The highest BCUT2D eigenvalue weighted by Gasteiger charge is 2.12. The quantitative estimate of drug-likeness (QED) is 0.453. The van der Waals surface area contributed by atoms with Gasteiger partial charge in [0.2, 0.25) is 0 Å². The minimum atomic E-state index is -0.352. The van der Waals surface area contributed by atoms with Gasteiger partial charge in [-0.2, -0.15) is 0 Å². The Morgan fingerprint density at radius 3 is 2.45 bits per heavy atom.